The molecule has 2 aromatic rings. The number of benzene rings is 2. The topological polar surface area (TPSA) is 158 Å². The summed E-state index contributed by atoms with van der Waals surface area (Å²) in [6, 6.07) is 10.1. The first-order chi connectivity index (χ1) is 17.7. The molecule has 1 aliphatic rings. The van der Waals surface area contributed by atoms with Crippen LogP contribution >= 0.6 is 0 Å². The summed E-state index contributed by atoms with van der Waals surface area (Å²) in [6.07, 6.45) is 2.77. The van der Waals surface area contributed by atoms with Crippen molar-refractivity contribution in [2.45, 2.75) is 26.4 Å². The quantitative estimate of drug-likeness (QED) is 0.184. The van der Waals surface area contributed by atoms with E-state index in [0.29, 0.717) is 0 Å². The first kappa shape index (κ1) is 27.1. The van der Waals surface area contributed by atoms with Crippen LogP contribution in [0.25, 0.3) is 0 Å². The fraction of sp³-hybridized carbons (Fsp3) is 0.269. The minimum atomic E-state index is -0.808. The number of allylic oxidation sites excluding steroid dienone is 1. The van der Waals surface area contributed by atoms with Gasteiger partial charge in [0.05, 0.1) is 18.5 Å². The van der Waals surface area contributed by atoms with Crippen molar-refractivity contribution < 1.29 is 28.2 Å². The normalized spacial score (nSPS) is 13.8. The lowest BCUT2D eigenvalue weighted by molar-refractivity contribution is -0.121. The molecular formula is C26H30FN5O5. The highest BCUT2D eigenvalue weighted by atomic mass is 19.1. The molecule has 0 spiro atoms. The molecule has 1 fully saturated rings. The molecule has 0 aliphatic heterocycles. The third-order valence-corrected chi connectivity index (χ3v) is 5.64. The molecule has 0 bridgehead atoms. The molecule has 0 aromatic heterocycles. The zero-order valence-electron chi connectivity index (χ0n) is 20.8. The first-order valence-electron chi connectivity index (χ1n) is 11.5. The van der Waals surface area contributed by atoms with E-state index in [4.69, 9.17) is 20.9 Å². The second-order valence-electron chi connectivity index (χ2n) is 8.40. The van der Waals surface area contributed by atoms with Crippen molar-refractivity contribution in [3.05, 3.63) is 82.2 Å². The number of anilines is 1. The molecule has 0 atom stereocenters. The van der Waals surface area contributed by atoms with Gasteiger partial charge >= 0.3 is 5.97 Å². The van der Waals surface area contributed by atoms with Crippen molar-refractivity contribution >= 4 is 23.5 Å². The van der Waals surface area contributed by atoms with E-state index >= 15 is 0 Å². The van der Waals surface area contributed by atoms with E-state index in [1.54, 1.807) is 24.3 Å². The Morgan fingerprint density at radius 3 is 2.43 bits per heavy atom. The molecule has 0 unspecified atom stereocenters. The minimum Gasteiger partial charge on any atom is -0.494 e. The van der Waals surface area contributed by atoms with Gasteiger partial charge in [-0.25, -0.2) is 9.18 Å². The van der Waals surface area contributed by atoms with Crippen molar-refractivity contribution in [1.29, 1.82) is 0 Å². The van der Waals surface area contributed by atoms with Gasteiger partial charge in [0, 0.05) is 30.7 Å². The third kappa shape index (κ3) is 6.78. The largest absolute Gasteiger partial charge is 0.494 e. The van der Waals surface area contributed by atoms with E-state index in [2.05, 4.69) is 16.0 Å². The van der Waals surface area contributed by atoms with Crippen LogP contribution in [-0.2, 0) is 20.9 Å². The number of ether oxygens (including phenoxy) is 2. The van der Waals surface area contributed by atoms with Gasteiger partial charge in [0.15, 0.2) is 5.75 Å². The lowest BCUT2D eigenvalue weighted by atomic mass is 10.0. The maximum absolute atomic E-state index is 15.0. The number of likely N-dealkylation sites (N-methyl/N-ethyl adjacent to an activating group) is 1. The first-order valence-corrected chi connectivity index (χ1v) is 11.5. The van der Waals surface area contributed by atoms with Crippen LogP contribution in [0.1, 0.15) is 34.3 Å². The second kappa shape index (κ2) is 11.9. The Hall–Kier alpha value is -4.54. The second-order valence-corrected chi connectivity index (χ2v) is 8.40. The molecule has 0 radical (unpaired) electrons. The third-order valence-electron chi connectivity index (χ3n) is 5.64. The van der Waals surface area contributed by atoms with Crippen LogP contribution < -0.4 is 32.2 Å². The average molecular weight is 512 g/mol. The number of methoxy groups -OCH3 is 1. The number of carbonyl (C=O) groups excluding carboxylic acids is 3. The summed E-state index contributed by atoms with van der Waals surface area (Å²) in [5.74, 6) is -2.68. The van der Waals surface area contributed by atoms with Crippen LogP contribution in [0.3, 0.4) is 0 Å². The molecule has 2 aromatic carbocycles. The van der Waals surface area contributed by atoms with Crippen molar-refractivity contribution in [1.82, 2.24) is 10.6 Å². The van der Waals surface area contributed by atoms with Crippen molar-refractivity contribution in [3.8, 4) is 5.75 Å². The molecule has 0 heterocycles. The summed E-state index contributed by atoms with van der Waals surface area (Å²) >= 11 is 0. The van der Waals surface area contributed by atoms with E-state index < -0.39 is 17.7 Å². The monoisotopic (exact) mass is 511 g/mol. The van der Waals surface area contributed by atoms with E-state index in [1.807, 2.05) is 6.07 Å². The van der Waals surface area contributed by atoms with Crippen LogP contribution in [0.15, 0.2) is 59.7 Å². The molecule has 1 aliphatic carbocycles. The molecule has 10 nitrogen and oxygen atoms in total. The summed E-state index contributed by atoms with van der Waals surface area (Å²) < 4.78 is 25.8. The highest BCUT2D eigenvalue weighted by Crippen LogP contribution is 2.35. The summed E-state index contributed by atoms with van der Waals surface area (Å²) in [5.41, 5.74) is 12.2. The standard InChI is InChI=1S/C26H30FN5O5/c1-14-17(27)11-19(23(36-3)21(14)26(35)37-13-15-7-5-4-6-8-15)31-18(22(29)25(34)30-2)12-20(28)32-24(33)16-9-10-16/h4-8,11-12,16,31H,9-10,13,28-29H2,1-3H3,(H,30,34)(H,32,33)/b20-12+,22-18+. The van der Waals surface area contributed by atoms with Crippen LogP contribution in [-0.4, -0.2) is 31.9 Å². The van der Waals surface area contributed by atoms with Crippen LogP contribution in [0.2, 0.25) is 0 Å². The molecule has 7 N–H and O–H groups in total. The molecule has 2 amide bonds. The number of halogens is 1. The van der Waals surface area contributed by atoms with Crippen LogP contribution in [0, 0.1) is 18.7 Å². The number of amides is 2. The van der Waals surface area contributed by atoms with Crippen LogP contribution in [0.4, 0.5) is 10.1 Å². The Bertz CT molecular complexity index is 1260. The van der Waals surface area contributed by atoms with Gasteiger partial charge in [-0.3, -0.25) is 9.59 Å². The molecule has 0 saturated heterocycles. The Kier molecular flexibility index (Phi) is 8.72. The molecule has 3 rings (SSSR count). The summed E-state index contributed by atoms with van der Waals surface area (Å²) in [5, 5.41) is 7.74. The highest BCUT2D eigenvalue weighted by Gasteiger charge is 2.30. The van der Waals surface area contributed by atoms with Gasteiger partial charge in [0.1, 0.15) is 29.5 Å². The molecule has 196 valence electrons. The SMILES string of the molecule is CNC(=O)/C(N)=C(/C=C(\N)NC(=O)C1CC1)Nc1cc(F)c(C)c(C(=O)OCc2ccccc2)c1OC. The van der Waals surface area contributed by atoms with Gasteiger partial charge in [-0.05, 0) is 25.3 Å². The Morgan fingerprint density at radius 2 is 1.84 bits per heavy atom. The molecular weight excluding hydrogens is 481 g/mol. The number of rotatable bonds is 10. The van der Waals surface area contributed by atoms with Gasteiger partial charge in [-0.1, -0.05) is 30.3 Å². The zero-order chi connectivity index (χ0) is 27.1. The fourth-order valence-electron chi connectivity index (χ4n) is 3.44. The number of nitrogens with one attached hydrogen (secondary N) is 3. The number of carbonyl (C=O) groups is 3. The van der Waals surface area contributed by atoms with E-state index in [1.165, 1.54) is 27.2 Å². The van der Waals surface area contributed by atoms with Gasteiger partial charge in [-0.2, -0.15) is 0 Å². The summed E-state index contributed by atoms with van der Waals surface area (Å²) in [6.45, 7) is 1.39. The van der Waals surface area contributed by atoms with Crippen molar-refractivity contribution in [2.24, 2.45) is 17.4 Å². The lowest BCUT2D eigenvalue weighted by Gasteiger charge is -2.19. The van der Waals surface area contributed by atoms with Gasteiger partial charge in [0.25, 0.3) is 5.91 Å². The highest BCUT2D eigenvalue weighted by molar-refractivity contribution is 5.98. The summed E-state index contributed by atoms with van der Waals surface area (Å²) in [7, 11) is 2.68. The Labute approximate surface area is 213 Å². The predicted octanol–water partition coefficient (Wildman–Crippen LogP) is 2.15. The summed E-state index contributed by atoms with van der Waals surface area (Å²) in [4.78, 5) is 37.3. The maximum atomic E-state index is 15.0. The van der Waals surface area contributed by atoms with Gasteiger partial charge in [-0.15, -0.1) is 0 Å². The smallest absolute Gasteiger partial charge is 0.342 e. The van der Waals surface area contributed by atoms with Gasteiger partial charge in [0.2, 0.25) is 5.91 Å². The number of hydrogen-bond donors (Lipinski definition) is 5. The fourth-order valence-corrected chi connectivity index (χ4v) is 3.44. The molecule has 1 saturated carbocycles. The van der Waals surface area contributed by atoms with Crippen molar-refractivity contribution in [2.75, 3.05) is 19.5 Å². The minimum absolute atomic E-state index is 0.0111. The Balaban J connectivity index is 1.97. The van der Waals surface area contributed by atoms with E-state index in [9.17, 15) is 18.8 Å². The Morgan fingerprint density at radius 1 is 1.16 bits per heavy atom. The zero-order valence-corrected chi connectivity index (χ0v) is 20.8. The van der Waals surface area contributed by atoms with E-state index in [0.717, 1.165) is 24.5 Å². The maximum Gasteiger partial charge on any atom is 0.342 e. The average Bonchev–Trinajstić information content (AvgIpc) is 3.74. The van der Waals surface area contributed by atoms with E-state index in [-0.39, 0.29) is 58.2 Å². The number of hydrogen-bond acceptors (Lipinski definition) is 8. The molecule has 37 heavy (non-hydrogen) atoms. The number of esters is 1. The van der Waals surface area contributed by atoms with Crippen molar-refractivity contribution in [3.63, 3.8) is 0 Å². The lowest BCUT2D eigenvalue weighted by Crippen LogP contribution is -2.31. The predicted molar refractivity (Wildman–Crippen MR) is 135 cm³/mol. The number of nitrogens with two attached hydrogens (primary N) is 2. The molecule has 11 heteroatoms. The van der Waals surface area contributed by atoms with Crippen LogP contribution in [0.5, 0.6) is 5.75 Å². The van der Waals surface area contributed by atoms with Gasteiger partial charge < -0.3 is 36.9 Å².